The summed E-state index contributed by atoms with van der Waals surface area (Å²) in [5, 5.41) is 11.5. The molecule has 1 saturated carbocycles. The van der Waals surface area contributed by atoms with Crippen LogP contribution in [0.2, 0.25) is 0 Å². The van der Waals surface area contributed by atoms with Crippen molar-refractivity contribution < 1.29 is 0 Å². The minimum Gasteiger partial charge on any atom is -0.327 e. The first-order valence-corrected chi connectivity index (χ1v) is 5.76. The third kappa shape index (κ3) is 1.79. The zero-order chi connectivity index (χ0) is 9.97. The Kier molecular flexibility index (Phi) is 2.80. The third-order valence-corrected chi connectivity index (χ3v) is 3.62. The van der Waals surface area contributed by atoms with Crippen molar-refractivity contribution in [2.75, 3.05) is 0 Å². The van der Waals surface area contributed by atoms with Crippen molar-refractivity contribution in [3.63, 3.8) is 0 Å². The Labute approximate surface area is 87.6 Å². The Morgan fingerprint density at radius 2 is 2.50 bits per heavy atom. The van der Waals surface area contributed by atoms with Crippen LogP contribution < -0.4 is 5.73 Å². The van der Waals surface area contributed by atoms with Crippen LogP contribution >= 0.6 is 11.3 Å². The van der Waals surface area contributed by atoms with Gasteiger partial charge in [0.2, 0.25) is 0 Å². The molecule has 1 aromatic rings. The summed E-state index contributed by atoms with van der Waals surface area (Å²) >= 11 is 1.57. The summed E-state index contributed by atoms with van der Waals surface area (Å²) in [7, 11) is 0. The first-order valence-electron chi connectivity index (χ1n) is 4.88. The molecule has 14 heavy (non-hydrogen) atoms. The largest absolute Gasteiger partial charge is 0.327 e. The standard InChI is InChI=1S/C10H13N3S/c11-5-4-10-13-9(6-14-10)7-2-1-3-8(7)12/h6-8H,1-4,12H2. The Balaban J connectivity index is 2.12. The number of nitriles is 1. The molecular formula is C10H13N3S. The lowest BCUT2D eigenvalue weighted by atomic mass is 10.0. The van der Waals surface area contributed by atoms with Crippen molar-refractivity contribution in [3.05, 3.63) is 16.1 Å². The molecule has 1 heterocycles. The van der Waals surface area contributed by atoms with Crippen LogP contribution in [-0.2, 0) is 6.42 Å². The number of hydrogen-bond acceptors (Lipinski definition) is 4. The van der Waals surface area contributed by atoms with Crippen LogP contribution in [0.5, 0.6) is 0 Å². The topological polar surface area (TPSA) is 62.7 Å². The summed E-state index contributed by atoms with van der Waals surface area (Å²) in [6, 6.07) is 2.39. The number of rotatable bonds is 2. The van der Waals surface area contributed by atoms with E-state index in [1.807, 2.05) is 0 Å². The van der Waals surface area contributed by atoms with Crippen molar-refractivity contribution in [2.24, 2.45) is 5.73 Å². The maximum Gasteiger partial charge on any atom is 0.107 e. The molecule has 0 saturated heterocycles. The smallest absolute Gasteiger partial charge is 0.107 e. The molecule has 0 bridgehead atoms. The fourth-order valence-corrected chi connectivity index (χ4v) is 2.79. The van der Waals surface area contributed by atoms with Crippen LogP contribution in [0.25, 0.3) is 0 Å². The molecule has 4 heteroatoms. The SMILES string of the molecule is N#CCc1nc(C2CCCC2N)cs1. The molecule has 0 aromatic carbocycles. The van der Waals surface area contributed by atoms with Crippen LogP contribution in [0, 0.1) is 11.3 Å². The molecule has 2 rings (SSSR count). The fourth-order valence-electron chi connectivity index (χ4n) is 2.00. The van der Waals surface area contributed by atoms with Crippen molar-refractivity contribution in [1.82, 2.24) is 4.98 Å². The quantitative estimate of drug-likeness (QED) is 0.804. The maximum atomic E-state index is 8.54. The van der Waals surface area contributed by atoms with Crippen LogP contribution in [0.4, 0.5) is 0 Å². The minimum absolute atomic E-state index is 0.270. The lowest BCUT2D eigenvalue weighted by Gasteiger charge is -2.11. The van der Waals surface area contributed by atoms with Gasteiger partial charge in [0.05, 0.1) is 18.2 Å². The molecule has 0 aliphatic heterocycles. The van der Waals surface area contributed by atoms with E-state index in [-0.39, 0.29) is 6.04 Å². The van der Waals surface area contributed by atoms with Gasteiger partial charge in [-0.15, -0.1) is 11.3 Å². The predicted octanol–water partition coefficient (Wildman–Crippen LogP) is 1.80. The first kappa shape index (κ1) is 9.63. The molecule has 0 radical (unpaired) electrons. The minimum atomic E-state index is 0.270. The molecule has 3 nitrogen and oxygen atoms in total. The van der Waals surface area contributed by atoms with E-state index in [1.54, 1.807) is 11.3 Å². The maximum absolute atomic E-state index is 8.54. The van der Waals surface area contributed by atoms with Crippen molar-refractivity contribution in [3.8, 4) is 6.07 Å². The molecule has 0 amide bonds. The Morgan fingerprint density at radius 3 is 3.14 bits per heavy atom. The molecule has 1 aromatic heterocycles. The molecule has 1 aliphatic carbocycles. The number of thiazole rings is 1. The van der Waals surface area contributed by atoms with Gasteiger partial charge in [0, 0.05) is 17.3 Å². The second-order valence-corrected chi connectivity index (χ2v) is 4.64. The van der Waals surface area contributed by atoms with Gasteiger partial charge in [-0.25, -0.2) is 4.98 Å². The van der Waals surface area contributed by atoms with Gasteiger partial charge in [0.15, 0.2) is 0 Å². The lowest BCUT2D eigenvalue weighted by Crippen LogP contribution is -2.22. The zero-order valence-electron chi connectivity index (χ0n) is 7.94. The highest BCUT2D eigenvalue weighted by Gasteiger charge is 2.27. The van der Waals surface area contributed by atoms with Crippen LogP contribution in [0.3, 0.4) is 0 Å². The molecular weight excluding hydrogens is 194 g/mol. The second kappa shape index (κ2) is 4.07. The highest BCUT2D eigenvalue weighted by Crippen LogP contribution is 2.33. The molecule has 2 atom stereocenters. The number of hydrogen-bond donors (Lipinski definition) is 1. The van der Waals surface area contributed by atoms with Gasteiger partial charge in [-0.2, -0.15) is 5.26 Å². The van der Waals surface area contributed by atoms with Crippen molar-refractivity contribution in [1.29, 1.82) is 5.26 Å². The summed E-state index contributed by atoms with van der Waals surface area (Å²) in [6.45, 7) is 0. The van der Waals surface area contributed by atoms with Gasteiger partial charge in [0.25, 0.3) is 0 Å². The number of nitrogens with two attached hydrogens (primary N) is 1. The molecule has 2 unspecified atom stereocenters. The normalized spacial score (nSPS) is 26.3. The van der Waals surface area contributed by atoms with E-state index in [1.165, 1.54) is 6.42 Å². The second-order valence-electron chi connectivity index (χ2n) is 3.70. The summed E-state index contributed by atoms with van der Waals surface area (Å²) in [5.41, 5.74) is 7.10. The van der Waals surface area contributed by atoms with Gasteiger partial charge in [-0.3, -0.25) is 0 Å². The summed E-state index contributed by atoms with van der Waals surface area (Å²) in [5.74, 6) is 0.429. The van der Waals surface area contributed by atoms with Crippen LogP contribution in [-0.4, -0.2) is 11.0 Å². The monoisotopic (exact) mass is 207 g/mol. The summed E-state index contributed by atoms with van der Waals surface area (Å²) in [6.07, 6.45) is 3.89. The summed E-state index contributed by atoms with van der Waals surface area (Å²) in [4.78, 5) is 4.45. The van der Waals surface area contributed by atoms with E-state index in [2.05, 4.69) is 16.4 Å². The highest BCUT2D eigenvalue weighted by atomic mass is 32.1. The molecule has 0 spiro atoms. The molecule has 1 aliphatic rings. The van der Waals surface area contributed by atoms with E-state index in [0.29, 0.717) is 12.3 Å². The van der Waals surface area contributed by atoms with E-state index < -0.39 is 0 Å². The van der Waals surface area contributed by atoms with Crippen LogP contribution in [0.15, 0.2) is 5.38 Å². The van der Waals surface area contributed by atoms with Gasteiger partial charge in [0.1, 0.15) is 5.01 Å². The average molecular weight is 207 g/mol. The van der Waals surface area contributed by atoms with E-state index in [4.69, 9.17) is 11.0 Å². The van der Waals surface area contributed by atoms with Crippen molar-refractivity contribution >= 4 is 11.3 Å². The van der Waals surface area contributed by atoms with Crippen LogP contribution in [0.1, 0.15) is 35.9 Å². The van der Waals surface area contributed by atoms with Gasteiger partial charge < -0.3 is 5.73 Å². The lowest BCUT2D eigenvalue weighted by molar-refractivity contribution is 0.600. The van der Waals surface area contributed by atoms with Gasteiger partial charge in [-0.1, -0.05) is 6.42 Å². The molecule has 1 fully saturated rings. The Morgan fingerprint density at radius 1 is 1.64 bits per heavy atom. The predicted molar refractivity (Wildman–Crippen MR) is 56.0 cm³/mol. The zero-order valence-corrected chi connectivity index (χ0v) is 8.76. The number of aromatic nitrogens is 1. The first-order chi connectivity index (χ1) is 6.81. The van der Waals surface area contributed by atoms with E-state index in [9.17, 15) is 0 Å². The number of nitrogens with zero attached hydrogens (tertiary/aromatic N) is 2. The van der Waals surface area contributed by atoms with Gasteiger partial charge in [-0.05, 0) is 12.8 Å². The highest BCUT2D eigenvalue weighted by molar-refractivity contribution is 7.09. The third-order valence-electron chi connectivity index (χ3n) is 2.75. The van der Waals surface area contributed by atoms with Crippen molar-refractivity contribution in [2.45, 2.75) is 37.6 Å². The summed E-state index contributed by atoms with van der Waals surface area (Å²) < 4.78 is 0. The van der Waals surface area contributed by atoms with Gasteiger partial charge >= 0.3 is 0 Å². The Bertz CT molecular complexity index is 352. The Hall–Kier alpha value is -0.920. The molecule has 2 N–H and O–H groups in total. The average Bonchev–Trinajstić information content (AvgIpc) is 2.74. The van der Waals surface area contributed by atoms with E-state index >= 15 is 0 Å². The molecule has 74 valence electrons. The van der Waals surface area contributed by atoms with E-state index in [0.717, 1.165) is 23.5 Å². The fraction of sp³-hybridized carbons (Fsp3) is 0.600.